The molecule has 3 aliphatic rings. The van der Waals surface area contributed by atoms with Gasteiger partial charge in [0.1, 0.15) is 17.2 Å². The van der Waals surface area contributed by atoms with Gasteiger partial charge in [-0.2, -0.15) is 0 Å². The number of rotatable bonds is 18. The summed E-state index contributed by atoms with van der Waals surface area (Å²) in [5.41, 5.74) is 3.41. The maximum atomic E-state index is 13.8. The van der Waals surface area contributed by atoms with Crippen molar-refractivity contribution in [2.45, 2.75) is 82.3 Å². The first-order chi connectivity index (χ1) is 39.6. The quantitative estimate of drug-likeness (QED) is 0.0578. The Hall–Kier alpha value is -9.20. The van der Waals surface area contributed by atoms with Crippen LogP contribution in [-0.4, -0.2) is 106 Å². The molecule has 6 aromatic rings. The Balaban J connectivity index is 1.40. The Bertz CT molecular complexity index is 3340. The van der Waals surface area contributed by atoms with Crippen LogP contribution in [0, 0.1) is 0 Å². The first-order valence-electron chi connectivity index (χ1n) is 26.0. The van der Waals surface area contributed by atoms with E-state index in [4.69, 9.17) is 75.8 Å². The van der Waals surface area contributed by atoms with Gasteiger partial charge in [0, 0.05) is 55.5 Å². The van der Waals surface area contributed by atoms with Gasteiger partial charge in [0.2, 0.25) is 17.2 Å². The molecule has 20 nitrogen and oxygen atoms in total. The highest BCUT2D eigenvalue weighted by atomic mass is 16.6. The van der Waals surface area contributed by atoms with E-state index in [2.05, 4.69) is 0 Å². The molecule has 0 radical (unpaired) electrons. The molecule has 0 saturated carbocycles. The summed E-state index contributed by atoms with van der Waals surface area (Å²) in [6, 6.07) is 28.1. The van der Waals surface area contributed by atoms with Crippen LogP contribution in [-0.2, 0) is 38.1 Å². The molecule has 9 atom stereocenters. The van der Waals surface area contributed by atoms with Gasteiger partial charge < -0.3 is 75.8 Å². The Morgan fingerprint density at radius 2 is 0.671 bits per heavy atom. The van der Waals surface area contributed by atoms with E-state index in [0.717, 1.165) is 0 Å². The van der Waals surface area contributed by atoms with Gasteiger partial charge in [0.15, 0.2) is 77.2 Å². The van der Waals surface area contributed by atoms with Gasteiger partial charge in [-0.1, -0.05) is 42.5 Å². The molecule has 0 fully saturated rings. The lowest BCUT2D eigenvalue weighted by Crippen LogP contribution is -2.41. The number of methoxy groups -OCH3 is 9. The normalized spacial score (nSPS) is 21.1. The predicted octanol–water partition coefficient (Wildman–Crippen LogP) is 9.83. The number of fused-ring (bicyclic) bond motifs is 3. The summed E-state index contributed by atoms with van der Waals surface area (Å²) < 4.78 is 100. The van der Waals surface area contributed by atoms with Crippen molar-refractivity contribution in [3.63, 3.8) is 0 Å². The van der Waals surface area contributed by atoms with E-state index >= 15 is 0 Å². The molecule has 432 valence electrons. The van der Waals surface area contributed by atoms with E-state index in [1.807, 2.05) is 6.07 Å². The molecule has 6 aromatic carbocycles. The van der Waals surface area contributed by atoms with E-state index in [0.29, 0.717) is 61.9 Å². The molecule has 0 aliphatic carbocycles. The van der Waals surface area contributed by atoms with Crippen molar-refractivity contribution in [1.82, 2.24) is 0 Å². The van der Waals surface area contributed by atoms with E-state index in [1.165, 1.54) is 84.6 Å². The largest absolute Gasteiger partial charge is 0.497 e. The van der Waals surface area contributed by atoms with Gasteiger partial charge in [-0.15, -0.1) is 0 Å². The molecular weight excluding hydrogens is 1060 g/mol. The van der Waals surface area contributed by atoms with E-state index in [-0.39, 0.29) is 51.6 Å². The fraction of sp³-hybridized carbons (Fsp3) is 0.355. The number of hydrogen-bond acceptors (Lipinski definition) is 20. The maximum absolute atomic E-state index is 13.8. The second-order valence-corrected chi connectivity index (χ2v) is 19.3. The summed E-state index contributed by atoms with van der Waals surface area (Å²) in [6.07, 6.45) is -8.29. The lowest BCUT2D eigenvalue weighted by Gasteiger charge is -2.43. The van der Waals surface area contributed by atoms with E-state index < -0.39 is 78.4 Å². The third-order valence-electron chi connectivity index (χ3n) is 14.6. The lowest BCUT2D eigenvalue weighted by molar-refractivity contribution is -0.178. The van der Waals surface area contributed by atoms with Gasteiger partial charge in [0.05, 0.1) is 75.8 Å². The molecule has 9 rings (SSSR count). The fourth-order valence-corrected chi connectivity index (χ4v) is 11.3. The molecule has 0 unspecified atom stereocenters. The first-order valence-corrected chi connectivity index (χ1v) is 26.0. The summed E-state index contributed by atoms with van der Waals surface area (Å²) >= 11 is 0. The summed E-state index contributed by atoms with van der Waals surface area (Å²) in [4.78, 5) is 54.0. The third-order valence-corrected chi connectivity index (χ3v) is 14.6. The minimum atomic E-state index is -1.36. The van der Waals surface area contributed by atoms with Crippen LogP contribution < -0.4 is 56.8 Å². The number of benzene rings is 6. The van der Waals surface area contributed by atoms with Crippen LogP contribution in [0.4, 0.5) is 0 Å². The zero-order chi connectivity index (χ0) is 58.7. The van der Waals surface area contributed by atoms with Crippen LogP contribution in [0.25, 0.3) is 0 Å². The smallest absolute Gasteiger partial charge is 0.303 e. The zero-order valence-electron chi connectivity index (χ0n) is 47.6. The van der Waals surface area contributed by atoms with Gasteiger partial charge in [-0.25, -0.2) is 0 Å². The Kier molecular flexibility index (Phi) is 17.0. The number of ether oxygens (including phenoxy) is 16. The van der Waals surface area contributed by atoms with Crippen LogP contribution in [0.15, 0.2) is 97.1 Å². The van der Waals surface area contributed by atoms with Crippen molar-refractivity contribution in [2.24, 2.45) is 0 Å². The Morgan fingerprint density at radius 3 is 1.04 bits per heavy atom. The molecule has 20 heteroatoms. The van der Waals surface area contributed by atoms with Crippen LogP contribution in [0.3, 0.4) is 0 Å². The van der Waals surface area contributed by atoms with Crippen molar-refractivity contribution >= 4 is 23.9 Å². The topological polar surface area (TPSA) is 216 Å². The number of esters is 4. The average Bonchev–Trinajstić information content (AvgIpc) is 1.30. The number of carbonyl (C=O) groups is 4. The molecule has 0 bridgehead atoms. The molecule has 3 aliphatic heterocycles. The van der Waals surface area contributed by atoms with E-state index in [1.54, 1.807) is 98.1 Å². The molecular formula is C62H64O20. The zero-order valence-corrected chi connectivity index (χ0v) is 47.6. The molecule has 0 N–H and O–H groups in total. The van der Waals surface area contributed by atoms with E-state index in [9.17, 15) is 19.2 Å². The number of hydrogen-bond donors (Lipinski definition) is 0. The highest BCUT2D eigenvalue weighted by Crippen LogP contribution is 2.63. The lowest BCUT2D eigenvalue weighted by atomic mass is 9.74. The van der Waals surface area contributed by atoms with Gasteiger partial charge in [-0.3, -0.25) is 19.2 Å². The number of carbonyl (C=O) groups excluding carboxylic acids is 4. The minimum Gasteiger partial charge on any atom is -0.497 e. The van der Waals surface area contributed by atoms with Crippen molar-refractivity contribution in [2.75, 3.05) is 64.0 Å². The summed E-state index contributed by atoms with van der Waals surface area (Å²) in [5.74, 6) is -1.66. The average molecular weight is 1130 g/mol. The molecule has 0 spiro atoms. The Morgan fingerprint density at radius 1 is 0.329 bits per heavy atom. The van der Waals surface area contributed by atoms with Gasteiger partial charge in [-0.05, 0) is 71.3 Å². The second kappa shape index (κ2) is 24.3. The maximum Gasteiger partial charge on any atom is 0.303 e. The van der Waals surface area contributed by atoms with Crippen LogP contribution in [0.2, 0.25) is 0 Å². The van der Waals surface area contributed by atoms with Crippen molar-refractivity contribution in [3.8, 4) is 69.0 Å². The third kappa shape index (κ3) is 10.7. The SMILES string of the molecule is COc1ccc([C@H]2Oc3c(cc([C@@H]4c5cc([C@H]6c7ccc(OC)c(OC)c7O[C@H](c7ccc(OC)cc7)[C@H]6OC(C)=O)c(OC)c(OC)c5O[C@H](c5ccc(OC)cc5)[C@H]4OC(C)=O)c(OC)c3OC)[C@@H](OC(C)=O)[C@H]2OC(C)=O)cc1. The summed E-state index contributed by atoms with van der Waals surface area (Å²) in [5, 5.41) is 0. The summed E-state index contributed by atoms with van der Waals surface area (Å²) in [6.45, 7) is 5.05. The Labute approximate surface area is 474 Å². The minimum absolute atomic E-state index is 0.0416. The van der Waals surface area contributed by atoms with Gasteiger partial charge >= 0.3 is 23.9 Å². The standard InChI is InChI=1S/C62H64O20/c1-30(63)76-56-44-29-42(52(72-10)61(75-13)55(44)82-50(62(56)79-33(4)66)36-18-24-39(69-7)25-19-36)47-43-28-41(51(71-9)60(74-12)54(43)81-49(59(47)78-32(3)65)35-16-22-38(68-6)23-17-35)46-40-26-27-45(70-8)57(73-11)53(40)80-48(58(46)77-31(2)64)34-14-20-37(67-5)21-15-34/h14-29,46-50,56,58-59,62H,1-13H3/t46-,47-,48-,49-,50-,56-,58+,59+,62+/m1/s1. The molecule has 0 saturated heterocycles. The van der Waals surface area contributed by atoms with Gasteiger partial charge in [0.25, 0.3) is 0 Å². The molecule has 0 aromatic heterocycles. The van der Waals surface area contributed by atoms with Crippen molar-refractivity contribution < 1.29 is 95.0 Å². The molecule has 3 heterocycles. The van der Waals surface area contributed by atoms with Crippen molar-refractivity contribution in [1.29, 1.82) is 0 Å². The van der Waals surface area contributed by atoms with Crippen LogP contribution in [0.5, 0.6) is 69.0 Å². The molecule has 82 heavy (non-hydrogen) atoms. The van der Waals surface area contributed by atoms with Crippen LogP contribution in [0.1, 0.15) is 108 Å². The highest BCUT2D eigenvalue weighted by molar-refractivity contribution is 5.74. The van der Waals surface area contributed by atoms with Crippen LogP contribution >= 0.6 is 0 Å². The highest BCUT2D eigenvalue weighted by Gasteiger charge is 2.53. The fourth-order valence-electron chi connectivity index (χ4n) is 11.3. The molecule has 0 amide bonds. The summed E-state index contributed by atoms with van der Waals surface area (Å²) in [7, 11) is 13.4. The predicted molar refractivity (Wildman–Crippen MR) is 293 cm³/mol. The first kappa shape index (κ1) is 57.5. The second-order valence-electron chi connectivity index (χ2n) is 19.3. The van der Waals surface area contributed by atoms with Crippen molar-refractivity contribution in [3.05, 3.63) is 142 Å². The monoisotopic (exact) mass is 1130 g/mol.